The fraction of sp³-hybridized carbons (Fsp3) is 0.450. The quantitative estimate of drug-likeness (QED) is 0.612. The van der Waals surface area contributed by atoms with Crippen molar-refractivity contribution < 1.29 is 24.0 Å². The lowest BCUT2D eigenvalue weighted by Crippen LogP contribution is -2.54. The molecule has 0 saturated carbocycles. The number of rotatable bonds is 4. The van der Waals surface area contributed by atoms with E-state index in [1.54, 1.807) is 12.1 Å². The van der Waals surface area contributed by atoms with Gasteiger partial charge in [0.25, 0.3) is 11.8 Å². The van der Waals surface area contributed by atoms with Crippen LogP contribution in [0.5, 0.6) is 0 Å². The van der Waals surface area contributed by atoms with E-state index < -0.39 is 29.7 Å². The second-order valence-electron chi connectivity index (χ2n) is 7.48. The van der Waals surface area contributed by atoms with E-state index in [4.69, 9.17) is 0 Å². The minimum atomic E-state index is -0.962. The molecule has 3 aliphatic rings. The molecular weight excluding hydrogens is 362 g/mol. The number of nitrogens with one attached hydrogen (secondary N) is 1. The fourth-order valence-corrected chi connectivity index (χ4v) is 4.31. The van der Waals surface area contributed by atoms with Gasteiger partial charge in [-0.15, -0.1) is 0 Å². The number of amides is 4. The van der Waals surface area contributed by atoms with E-state index in [1.165, 1.54) is 0 Å². The van der Waals surface area contributed by atoms with Gasteiger partial charge in [-0.25, -0.2) is 0 Å². The van der Waals surface area contributed by atoms with Crippen molar-refractivity contribution in [1.82, 2.24) is 10.2 Å². The zero-order valence-corrected chi connectivity index (χ0v) is 15.3. The number of imide groups is 2. The van der Waals surface area contributed by atoms with Gasteiger partial charge in [-0.05, 0) is 37.3 Å². The number of piperidine rings is 2. The van der Waals surface area contributed by atoms with Crippen molar-refractivity contribution in [3.63, 3.8) is 0 Å². The highest BCUT2D eigenvalue weighted by molar-refractivity contribution is 6.25. The third kappa shape index (κ3) is 2.98. The molecule has 1 aromatic carbocycles. The van der Waals surface area contributed by atoms with Crippen LogP contribution in [0, 0.1) is 5.92 Å². The lowest BCUT2D eigenvalue weighted by atomic mass is 9.93. The lowest BCUT2D eigenvalue weighted by Gasteiger charge is -2.34. The highest BCUT2D eigenvalue weighted by atomic mass is 16.2. The van der Waals surface area contributed by atoms with Gasteiger partial charge in [-0.1, -0.05) is 6.07 Å². The zero-order valence-electron chi connectivity index (χ0n) is 15.3. The van der Waals surface area contributed by atoms with Crippen LogP contribution in [0.1, 0.15) is 52.8 Å². The second-order valence-corrected chi connectivity index (χ2v) is 7.48. The highest BCUT2D eigenvalue weighted by Gasteiger charge is 2.46. The van der Waals surface area contributed by atoms with Crippen LogP contribution in [0.4, 0.5) is 5.69 Å². The Bertz CT molecular complexity index is 873. The van der Waals surface area contributed by atoms with Crippen LogP contribution in [0.15, 0.2) is 18.2 Å². The monoisotopic (exact) mass is 383 g/mol. The lowest BCUT2D eigenvalue weighted by molar-refractivity contribution is -0.136. The van der Waals surface area contributed by atoms with Crippen LogP contribution in [0.25, 0.3) is 0 Å². The molecule has 0 aliphatic carbocycles. The first kappa shape index (κ1) is 18.3. The normalized spacial score (nSPS) is 23.1. The van der Waals surface area contributed by atoms with E-state index in [1.807, 2.05) is 6.07 Å². The van der Waals surface area contributed by atoms with E-state index >= 15 is 0 Å². The smallest absolute Gasteiger partial charge is 0.264 e. The van der Waals surface area contributed by atoms with Crippen LogP contribution in [-0.2, 0) is 14.4 Å². The van der Waals surface area contributed by atoms with Crippen molar-refractivity contribution in [2.75, 3.05) is 18.0 Å². The summed E-state index contributed by atoms with van der Waals surface area (Å²) in [6, 6.07) is 4.20. The Labute approximate surface area is 161 Å². The summed E-state index contributed by atoms with van der Waals surface area (Å²) < 4.78 is 0. The van der Waals surface area contributed by atoms with Crippen molar-refractivity contribution >= 4 is 35.6 Å². The zero-order chi connectivity index (χ0) is 19.8. The third-order valence-corrected chi connectivity index (χ3v) is 5.83. The molecule has 2 saturated heterocycles. The van der Waals surface area contributed by atoms with Crippen LogP contribution in [0.3, 0.4) is 0 Å². The molecule has 0 spiro atoms. The molecule has 0 radical (unpaired) electrons. The summed E-state index contributed by atoms with van der Waals surface area (Å²) in [6.45, 7) is 1.41. The Hall–Kier alpha value is -3.03. The summed E-state index contributed by atoms with van der Waals surface area (Å²) in [5, 5.41) is 2.21. The molecule has 2 fully saturated rings. The van der Waals surface area contributed by atoms with Crippen molar-refractivity contribution in [1.29, 1.82) is 0 Å². The second kappa shape index (κ2) is 7.18. The Kier molecular flexibility index (Phi) is 4.70. The summed E-state index contributed by atoms with van der Waals surface area (Å²) in [5.74, 6) is -1.63. The summed E-state index contributed by atoms with van der Waals surface area (Å²) >= 11 is 0. The van der Waals surface area contributed by atoms with Crippen LogP contribution in [-0.4, -0.2) is 53.9 Å². The maximum absolute atomic E-state index is 13.1. The van der Waals surface area contributed by atoms with Crippen molar-refractivity contribution in [3.8, 4) is 0 Å². The van der Waals surface area contributed by atoms with Gasteiger partial charge in [0, 0.05) is 25.9 Å². The highest BCUT2D eigenvalue weighted by Crippen LogP contribution is 2.35. The summed E-state index contributed by atoms with van der Waals surface area (Å²) in [4.78, 5) is 63.4. The van der Waals surface area contributed by atoms with E-state index in [0.717, 1.165) is 24.0 Å². The number of nitrogens with zero attached hydrogens (tertiary/aromatic N) is 2. The predicted molar refractivity (Wildman–Crippen MR) is 98.7 cm³/mol. The number of aldehydes is 1. The van der Waals surface area contributed by atoms with E-state index in [-0.39, 0.29) is 12.8 Å². The first-order valence-corrected chi connectivity index (χ1v) is 9.54. The fourth-order valence-electron chi connectivity index (χ4n) is 4.31. The van der Waals surface area contributed by atoms with Gasteiger partial charge in [-0.2, -0.15) is 0 Å². The largest absolute Gasteiger partial charge is 0.371 e. The minimum absolute atomic E-state index is 0.0981. The minimum Gasteiger partial charge on any atom is -0.371 e. The summed E-state index contributed by atoms with van der Waals surface area (Å²) in [6.07, 6.45) is 3.42. The van der Waals surface area contributed by atoms with Crippen molar-refractivity contribution in [3.05, 3.63) is 29.3 Å². The first-order chi connectivity index (χ1) is 13.5. The van der Waals surface area contributed by atoms with Gasteiger partial charge < -0.3 is 9.69 Å². The Morgan fingerprint density at radius 1 is 1.04 bits per heavy atom. The average Bonchev–Trinajstić information content (AvgIpc) is 2.94. The number of carbonyl (C=O) groups excluding carboxylic acids is 5. The SMILES string of the molecule is O=CCC1CCN(c2cccc3c2C(=O)N(C2CCC(=O)NC2=O)C3=O)CC1. The maximum Gasteiger partial charge on any atom is 0.264 e. The molecule has 1 atom stereocenters. The molecule has 8 nitrogen and oxygen atoms in total. The molecule has 8 heteroatoms. The van der Waals surface area contributed by atoms with Crippen molar-refractivity contribution in [2.45, 2.75) is 38.1 Å². The van der Waals surface area contributed by atoms with E-state index in [0.29, 0.717) is 42.2 Å². The average molecular weight is 383 g/mol. The van der Waals surface area contributed by atoms with Crippen molar-refractivity contribution in [2.24, 2.45) is 5.92 Å². The molecule has 1 N–H and O–H groups in total. The van der Waals surface area contributed by atoms with Crippen LogP contribution < -0.4 is 10.2 Å². The van der Waals surface area contributed by atoms with Crippen LogP contribution in [0.2, 0.25) is 0 Å². The summed E-state index contributed by atoms with van der Waals surface area (Å²) in [5.41, 5.74) is 1.31. The van der Waals surface area contributed by atoms with Gasteiger partial charge in [-0.3, -0.25) is 29.4 Å². The Morgan fingerprint density at radius 3 is 2.46 bits per heavy atom. The molecular formula is C20H21N3O5. The maximum atomic E-state index is 13.1. The Morgan fingerprint density at radius 2 is 1.79 bits per heavy atom. The number of carbonyl (C=O) groups is 5. The van der Waals surface area contributed by atoms with E-state index in [2.05, 4.69) is 10.2 Å². The first-order valence-electron chi connectivity index (χ1n) is 9.54. The topological polar surface area (TPSA) is 104 Å². The molecule has 4 amide bonds. The molecule has 1 aromatic rings. The molecule has 0 aromatic heterocycles. The molecule has 3 aliphatic heterocycles. The molecule has 3 heterocycles. The van der Waals surface area contributed by atoms with E-state index in [9.17, 15) is 24.0 Å². The molecule has 1 unspecified atom stereocenters. The molecule has 28 heavy (non-hydrogen) atoms. The molecule has 0 bridgehead atoms. The molecule has 4 rings (SSSR count). The molecule has 146 valence electrons. The number of fused-ring (bicyclic) bond motifs is 1. The predicted octanol–water partition coefficient (Wildman–Crippen LogP) is 0.893. The van der Waals surface area contributed by atoms with Gasteiger partial charge in [0.15, 0.2) is 0 Å². The third-order valence-electron chi connectivity index (χ3n) is 5.83. The van der Waals surface area contributed by atoms with Gasteiger partial charge >= 0.3 is 0 Å². The van der Waals surface area contributed by atoms with Gasteiger partial charge in [0.2, 0.25) is 11.8 Å². The number of benzene rings is 1. The van der Waals surface area contributed by atoms with Gasteiger partial charge in [0.1, 0.15) is 12.3 Å². The van der Waals surface area contributed by atoms with Crippen LogP contribution >= 0.6 is 0 Å². The summed E-state index contributed by atoms with van der Waals surface area (Å²) in [7, 11) is 0. The number of hydrogen-bond acceptors (Lipinski definition) is 6. The number of anilines is 1. The van der Waals surface area contributed by atoms with Gasteiger partial charge in [0.05, 0.1) is 16.8 Å². The number of hydrogen-bond donors (Lipinski definition) is 1. The standard InChI is InChI=1S/C20H21N3O5/c24-11-8-12-6-9-22(10-7-12)14-3-1-2-13-17(14)20(28)23(19(13)27)15-4-5-16(25)21-18(15)26/h1-3,11-12,15H,4-10H2,(H,21,25,26). The Balaban J connectivity index is 1.61.